The molecule has 0 bridgehead atoms. The van der Waals surface area contributed by atoms with E-state index in [4.69, 9.17) is 0 Å². The minimum atomic E-state index is 0.0980. The van der Waals surface area contributed by atoms with Gasteiger partial charge in [0.05, 0.1) is 6.19 Å². The normalized spacial score (nSPS) is 9.31. The first-order valence-electron chi connectivity index (χ1n) is 4.66. The Morgan fingerprint density at radius 3 is 2.77 bits per heavy atom. The van der Waals surface area contributed by atoms with Crippen LogP contribution < -0.4 is 10.5 Å². The lowest BCUT2D eigenvalue weighted by Crippen LogP contribution is -2.21. The summed E-state index contributed by atoms with van der Waals surface area (Å²) in [5.41, 5.74) is 0. The Kier molecular flexibility index (Phi) is 8.66. The van der Waals surface area contributed by atoms with Crippen LogP contribution in [0.15, 0.2) is 0 Å². The summed E-state index contributed by atoms with van der Waals surface area (Å²) < 4.78 is 0. The molecule has 74 valence electrons. The first-order valence-corrected chi connectivity index (χ1v) is 4.66. The quantitative estimate of drug-likeness (QED) is 0.301. The van der Waals surface area contributed by atoms with Crippen LogP contribution in [0.3, 0.4) is 0 Å². The van der Waals surface area contributed by atoms with E-state index in [-0.39, 0.29) is 5.91 Å². The Balaban J connectivity index is 2.99. The van der Waals surface area contributed by atoms with Gasteiger partial charge in [-0.25, -0.2) is 0 Å². The van der Waals surface area contributed by atoms with Gasteiger partial charge in [0.15, 0.2) is 0 Å². The van der Waals surface area contributed by atoms with Crippen LogP contribution in [0.2, 0.25) is 0 Å². The van der Waals surface area contributed by atoms with E-state index in [0.29, 0.717) is 13.8 Å². The molecule has 0 heterocycles. The molecule has 13 heavy (non-hydrogen) atoms. The van der Waals surface area contributed by atoms with Gasteiger partial charge in [0.25, 0.3) is 7.41 Å². The lowest BCUT2D eigenvalue weighted by Gasteiger charge is -2.00. The highest BCUT2D eigenvalue weighted by Gasteiger charge is 1.96. The fraction of sp³-hybridized carbons (Fsp3) is 0.750. The molecule has 0 rings (SSSR count). The van der Waals surface area contributed by atoms with Crippen molar-refractivity contribution in [2.45, 2.75) is 25.7 Å². The molecule has 0 aromatic rings. The number of carbonyl (C=O) groups excluding carboxylic acids is 2. The molecule has 0 aliphatic carbocycles. The third-order valence-electron chi connectivity index (χ3n) is 1.76. The monoisotopic (exact) mass is 184 g/mol. The third kappa shape index (κ3) is 9.08. The van der Waals surface area contributed by atoms with Crippen molar-refractivity contribution in [2.75, 3.05) is 13.6 Å². The first kappa shape index (κ1) is 12.2. The second kappa shape index (κ2) is 9.25. The average Bonchev–Trinajstić information content (AvgIpc) is 2.16. The minimum Gasteiger partial charge on any atom is -0.359 e. The minimum absolute atomic E-state index is 0.0980. The number of unbranched alkanes of at least 4 members (excludes halogenated alkanes) is 2. The van der Waals surface area contributed by atoms with Crippen molar-refractivity contribution in [3.63, 3.8) is 0 Å². The highest BCUT2D eigenvalue weighted by molar-refractivity contribution is 6.64. The van der Waals surface area contributed by atoms with E-state index >= 15 is 0 Å². The maximum Gasteiger partial charge on any atom is 0.278 e. The Bertz CT molecular complexity index is 153. The van der Waals surface area contributed by atoms with E-state index in [2.05, 4.69) is 10.5 Å². The van der Waals surface area contributed by atoms with Crippen LogP contribution in [-0.4, -0.2) is 33.1 Å². The summed E-state index contributed by atoms with van der Waals surface area (Å²) >= 11 is 0. The van der Waals surface area contributed by atoms with E-state index in [9.17, 15) is 9.59 Å². The van der Waals surface area contributed by atoms with Gasteiger partial charge < -0.3 is 15.3 Å². The van der Waals surface area contributed by atoms with Crippen LogP contribution >= 0.6 is 0 Å². The summed E-state index contributed by atoms with van der Waals surface area (Å²) in [4.78, 5) is 20.7. The molecule has 0 aliphatic rings. The van der Waals surface area contributed by atoms with Crippen LogP contribution in [0.4, 0.5) is 0 Å². The molecular weight excluding hydrogens is 167 g/mol. The topological polar surface area (TPSA) is 58.2 Å². The molecule has 1 amide bonds. The van der Waals surface area contributed by atoms with Crippen LogP contribution in [-0.2, 0) is 9.59 Å². The third-order valence-corrected chi connectivity index (χ3v) is 1.76. The SMILES string of the molecule is CNC(=O)CCCCCNBC=O. The summed E-state index contributed by atoms with van der Waals surface area (Å²) in [7, 11) is 2.07. The fourth-order valence-corrected chi connectivity index (χ4v) is 0.998. The number of hydrogen-bond acceptors (Lipinski definition) is 3. The summed E-state index contributed by atoms with van der Waals surface area (Å²) in [6.07, 6.45) is 4.42. The Morgan fingerprint density at radius 1 is 1.38 bits per heavy atom. The van der Waals surface area contributed by atoms with Crippen LogP contribution in [0.1, 0.15) is 25.7 Å². The summed E-state index contributed by atoms with van der Waals surface area (Å²) in [5, 5.41) is 5.54. The van der Waals surface area contributed by atoms with E-state index < -0.39 is 0 Å². The maximum absolute atomic E-state index is 10.8. The van der Waals surface area contributed by atoms with E-state index in [1.165, 1.54) is 0 Å². The van der Waals surface area contributed by atoms with Crippen LogP contribution in [0.5, 0.6) is 0 Å². The second-order valence-corrected chi connectivity index (χ2v) is 2.85. The first-order chi connectivity index (χ1) is 6.31. The van der Waals surface area contributed by atoms with E-state index in [1.54, 1.807) is 7.05 Å². The van der Waals surface area contributed by atoms with Gasteiger partial charge in [-0.3, -0.25) is 4.79 Å². The van der Waals surface area contributed by atoms with E-state index in [0.717, 1.165) is 32.0 Å². The number of amides is 1. The molecule has 0 aromatic carbocycles. The van der Waals surface area contributed by atoms with Gasteiger partial charge in [-0.2, -0.15) is 0 Å². The molecule has 0 atom stereocenters. The zero-order valence-electron chi connectivity index (χ0n) is 8.14. The summed E-state index contributed by atoms with van der Waals surface area (Å²) in [5.74, 6) is 0.0980. The van der Waals surface area contributed by atoms with Crippen molar-refractivity contribution in [2.24, 2.45) is 0 Å². The molecule has 0 radical (unpaired) electrons. The highest BCUT2D eigenvalue weighted by atomic mass is 16.1. The molecule has 0 aliphatic heterocycles. The Labute approximate surface area is 79.7 Å². The lowest BCUT2D eigenvalue weighted by atomic mass is 9.99. The molecule has 0 saturated heterocycles. The molecule has 0 fully saturated rings. The smallest absolute Gasteiger partial charge is 0.278 e. The molecule has 0 saturated carbocycles. The molecular formula is C8H17BN2O2. The Morgan fingerprint density at radius 2 is 2.15 bits per heavy atom. The van der Waals surface area contributed by atoms with Crippen molar-refractivity contribution in [3.8, 4) is 0 Å². The van der Waals surface area contributed by atoms with Gasteiger partial charge in [-0.15, -0.1) is 0 Å². The van der Waals surface area contributed by atoms with E-state index in [1.807, 2.05) is 0 Å². The number of hydrogen-bond donors (Lipinski definition) is 2. The molecule has 0 aromatic heterocycles. The van der Waals surface area contributed by atoms with Crippen molar-refractivity contribution in [1.29, 1.82) is 0 Å². The molecule has 0 unspecified atom stereocenters. The Hall–Kier alpha value is -0.835. The maximum atomic E-state index is 10.8. The number of nitrogens with one attached hydrogen (secondary N) is 2. The molecule has 4 nitrogen and oxygen atoms in total. The van der Waals surface area contributed by atoms with Crippen molar-refractivity contribution >= 4 is 19.5 Å². The molecule has 0 spiro atoms. The largest absolute Gasteiger partial charge is 0.359 e. The summed E-state index contributed by atoms with van der Waals surface area (Å²) in [6, 6.07) is 0. The molecule has 2 N–H and O–H groups in total. The van der Waals surface area contributed by atoms with Gasteiger partial charge in [0.2, 0.25) is 5.91 Å². The van der Waals surface area contributed by atoms with Gasteiger partial charge in [-0.05, 0) is 19.4 Å². The van der Waals surface area contributed by atoms with Gasteiger partial charge in [-0.1, -0.05) is 6.42 Å². The van der Waals surface area contributed by atoms with Crippen LogP contribution in [0, 0.1) is 0 Å². The number of carbonyl (C=O) groups is 2. The number of rotatable bonds is 8. The standard InChI is InChI=1S/C8H17BN2O2/c1-10-8(13)5-3-2-4-6-11-9-7-12/h7,9,11H,2-6H2,1H3,(H,10,13). The fourth-order valence-electron chi connectivity index (χ4n) is 0.998. The summed E-state index contributed by atoms with van der Waals surface area (Å²) in [6.45, 7) is 0.854. The van der Waals surface area contributed by atoms with Crippen molar-refractivity contribution in [1.82, 2.24) is 10.5 Å². The van der Waals surface area contributed by atoms with Gasteiger partial charge in [0.1, 0.15) is 0 Å². The van der Waals surface area contributed by atoms with Gasteiger partial charge in [0, 0.05) is 13.5 Å². The molecule has 5 heteroatoms. The average molecular weight is 184 g/mol. The lowest BCUT2D eigenvalue weighted by molar-refractivity contribution is -0.120. The highest BCUT2D eigenvalue weighted by Crippen LogP contribution is 1.97. The van der Waals surface area contributed by atoms with Crippen molar-refractivity contribution < 1.29 is 9.59 Å². The predicted molar refractivity (Wildman–Crippen MR) is 54.4 cm³/mol. The predicted octanol–water partition coefficient (Wildman–Crippen LogP) is -0.576. The zero-order chi connectivity index (χ0) is 9.94. The van der Waals surface area contributed by atoms with Crippen molar-refractivity contribution in [3.05, 3.63) is 0 Å². The van der Waals surface area contributed by atoms with Gasteiger partial charge >= 0.3 is 0 Å². The van der Waals surface area contributed by atoms with Crippen LogP contribution in [0.25, 0.3) is 0 Å². The zero-order valence-corrected chi connectivity index (χ0v) is 8.14. The second-order valence-electron chi connectivity index (χ2n) is 2.85.